The number of rotatable bonds is 5. The van der Waals surface area contributed by atoms with Crippen molar-refractivity contribution in [1.29, 1.82) is 5.26 Å². The SMILES string of the molecule is CC(C#N)CNC(C)c1ccc(S(N)(=O)=O)cc1. The van der Waals surface area contributed by atoms with Crippen LogP contribution in [0.5, 0.6) is 0 Å². The van der Waals surface area contributed by atoms with Crippen LogP contribution in [0.15, 0.2) is 29.2 Å². The predicted molar refractivity (Wildman–Crippen MR) is 69.0 cm³/mol. The molecule has 0 aromatic heterocycles. The molecule has 1 rings (SSSR count). The maximum atomic E-state index is 11.1. The van der Waals surface area contributed by atoms with Gasteiger partial charge in [-0.1, -0.05) is 12.1 Å². The highest BCUT2D eigenvalue weighted by atomic mass is 32.2. The van der Waals surface area contributed by atoms with E-state index in [1.165, 1.54) is 12.1 Å². The smallest absolute Gasteiger partial charge is 0.238 e. The summed E-state index contributed by atoms with van der Waals surface area (Å²) in [5.74, 6) is -0.0591. The zero-order valence-corrected chi connectivity index (χ0v) is 11.2. The van der Waals surface area contributed by atoms with Crippen LogP contribution in [0.3, 0.4) is 0 Å². The van der Waals surface area contributed by atoms with E-state index in [4.69, 9.17) is 10.4 Å². The molecule has 0 saturated carbocycles. The Kier molecular flexibility index (Phi) is 4.84. The van der Waals surface area contributed by atoms with Crippen molar-refractivity contribution >= 4 is 10.0 Å². The molecular weight excluding hydrogens is 250 g/mol. The summed E-state index contributed by atoms with van der Waals surface area (Å²) in [4.78, 5) is 0.101. The molecule has 2 atom stereocenters. The van der Waals surface area contributed by atoms with Crippen LogP contribution in [0.1, 0.15) is 25.5 Å². The van der Waals surface area contributed by atoms with E-state index in [0.29, 0.717) is 6.54 Å². The van der Waals surface area contributed by atoms with Crippen LogP contribution in [-0.2, 0) is 10.0 Å². The van der Waals surface area contributed by atoms with Gasteiger partial charge in [-0.2, -0.15) is 5.26 Å². The molecule has 0 saturated heterocycles. The number of nitrogens with two attached hydrogens (primary N) is 1. The van der Waals surface area contributed by atoms with Gasteiger partial charge >= 0.3 is 0 Å². The second-order valence-corrected chi connectivity index (χ2v) is 5.84. The van der Waals surface area contributed by atoms with E-state index in [2.05, 4.69) is 11.4 Å². The van der Waals surface area contributed by atoms with E-state index >= 15 is 0 Å². The van der Waals surface area contributed by atoms with Crippen LogP contribution in [0.4, 0.5) is 0 Å². The Morgan fingerprint density at radius 3 is 2.33 bits per heavy atom. The fourth-order valence-electron chi connectivity index (χ4n) is 1.46. The maximum absolute atomic E-state index is 11.1. The molecule has 1 aromatic carbocycles. The molecule has 0 spiro atoms. The van der Waals surface area contributed by atoms with Crippen LogP contribution in [0.2, 0.25) is 0 Å². The predicted octanol–water partition coefficient (Wildman–Crippen LogP) is 1.14. The molecule has 5 nitrogen and oxygen atoms in total. The van der Waals surface area contributed by atoms with Crippen molar-refractivity contribution in [3.63, 3.8) is 0 Å². The summed E-state index contributed by atoms with van der Waals surface area (Å²) < 4.78 is 22.2. The van der Waals surface area contributed by atoms with Crippen LogP contribution in [0, 0.1) is 17.2 Å². The molecule has 2 unspecified atom stereocenters. The molecule has 0 heterocycles. The maximum Gasteiger partial charge on any atom is 0.238 e. The quantitative estimate of drug-likeness (QED) is 0.836. The van der Waals surface area contributed by atoms with Gasteiger partial charge < -0.3 is 5.32 Å². The molecule has 0 radical (unpaired) electrons. The Bertz CT molecular complexity index is 531. The van der Waals surface area contributed by atoms with Crippen molar-refractivity contribution in [2.45, 2.75) is 24.8 Å². The van der Waals surface area contributed by atoms with E-state index in [-0.39, 0.29) is 16.9 Å². The summed E-state index contributed by atoms with van der Waals surface area (Å²) in [5, 5.41) is 16.9. The molecule has 3 N–H and O–H groups in total. The largest absolute Gasteiger partial charge is 0.309 e. The van der Waals surface area contributed by atoms with Gasteiger partial charge in [-0.25, -0.2) is 13.6 Å². The molecule has 0 bridgehead atoms. The van der Waals surface area contributed by atoms with Crippen molar-refractivity contribution in [2.24, 2.45) is 11.1 Å². The van der Waals surface area contributed by atoms with E-state index in [0.717, 1.165) is 5.56 Å². The van der Waals surface area contributed by atoms with Gasteiger partial charge in [0.05, 0.1) is 16.9 Å². The van der Waals surface area contributed by atoms with Gasteiger partial charge in [0.15, 0.2) is 0 Å². The summed E-state index contributed by atoms with van der Waals surface area (Å²) in [6.07, 6.45) is 0. The summed E-state index contributed by atoms with van der Waals surface area (Å²) in [6.45, 7) is 4.38. The van der Waals surface area contributed by atoms with Crippen molar-refractivity contribution in [1.82, 2.24) is 5.32 Å². The van der Waals surface area contributed by atoms with Crippen molar-refractivity contribution in [2.75, 3.05) is 6.54 Å². The number of primary sulfonamides is 1. The molecule has 6 heteroatoms. The van der Waals surface area contributed by atoms with E-state index in [9.17, 15) is 8.42 Å². The molecule has 98 valence electrons. The van der Waals surface area contributed by atoms with Crippen molar-refractivity contribution in [3.05, 3.63) is 29.8 Å². The first kappa shape index (κ1) is 14.6. The van der Waals surface area contributed by atoms with Gasteiger partial charge in [0.2, 0.25) is 10.0 Å². The second-order valence-electron chi connectivity index (χ2n) is 4.27. The molecular formula is C12H17N3O2S. The molecule has 1 aromatic rings. The Morgan fingerprint density at radius 2 is 1.89 bits per heavy atom. The molecule has 0 aliphatic rings. The number of hydrogen-bond acceptors (Lipinski definition) is 4. The van der Waals surface area contributed by atoms with E-state index in [1.807, 2.05) is 13.8 Å². The lowest BCUT2D eigenvalue weighted by Gasteiger charge is -2.15. The summed E-state index contributed by atoms with van der Waals surface area (Å²) in [6, 6.07) is 8.59. The first-order chi connectivity index (χ1) is 8.34. The molecule has 0 amide bonds. The highest BCUT2D eigenvalue weighted by Gasteiger charge is 2.10. The van der Waals surface area contributed by atoms with Gasteiger partial charge in [-0.05, 0) is 31.5 Å². The Hall–Kier alpha value is -1.42. The summed E-state index contributed by atoms with van der Waals surface area (Å²) >= 11 is 0. The average molecular weight is 267 g/mol. The number of nitriles is 1. The number of sulfonamides is 1. The topological polar surface area (TPSA) is 96.0 Å². The number of nitrogens with zero attached hydrogens (tertiary/aromatic N) is 1. The van der Waals surface area contributed by atoms with Crippen molar-refractivity contribution < 1.29 is 8.42 Å². The third-order valence-electron chi connectivity index (χ3n) is 2.66. The van der Waals surface area contributed by atoms with Crippen molar-refractivity contribution in [3.8, 4) is 6.07 Å². The standard InChI is InChI=1S/C12H17N3O2S/c1-9(7-13)8-15-10(2)11-3-5-12(6-4-11)18(14,16)17/h3-6,9-10,15H,8H2,1-2H3,(H2,14,16,17). The molecule has 18 heavy (non-hydrogen) atoms. The second kappa shape index (κ2) is 5.96. The van der Waals surface area contributed by atoms with E-state index in [1.54, 1.807) is 12.1 Å². The zero-order chi connectivity index (χ0) is 13.8. The minimum Gasteiger partial charge on any atom is -0.309 e. The third-order valence-corrected chi connectivity index (χ3v) is 3.59. The van der Waals surface area contributed by atoms with Gasteiger partial charge in [-0.15, -0.1) is 0 Å². The van der Waals surface area contributed by atoms with Crippen LogP contribution in [-0.4, -0.2) is 15.0 Å². The number of nitrogens with one attached hydrogen (secondary N) is 1. The zero-order valence-electron chi connectivity index (χ0n) is 10.4. The minimum atomic E-state index is -3.64. The fraction of sp³-hybridized carbons (Fsp3) is 0.417. The van der Waals surface area contributed by atoms with Gasteiger partial charge in [0.25, 0.3) is 0 Å². The Morgan fingerprint density at radius 1 is 1.33 bits per heavy atom. The molecule has 0 aliphatic heterocycles. The number of hydrogen-bond donors (Lipinski definition) is 2. The summed E-state index contributed by atoms with van der Waals surface area (Å²) in [7, 11) is -3.64. The van der Waals surface area contributed by atoms with Gasteiger partial charge in [-0.3, -0.25) is 0 Å². The lowest BCUT2D eigenvalue weighted by Crippen LogP contribution is -2.23. The normalized spacial score (nSPS) is 14.8. The highest BCUT2D eigenvalue weighted by molar-refractivity contribution is 7.89. The number of benzene rings is 1. The van der Waals surface area contributed by atoms with Crippen LogP contribution < -0.4 is 10.5 Å². The average Bonchev–Trinajstić information content (AvgIpc) is 2.34. The van der Waals surface area contributed by atoms with E-state index < -0.39 is 10.0 Å². The lowest BCUT2D eigenvalue weighted by molar-refractivity contribution is 0.527. The third kappa shape index (κ3) is 4.11. The Balaban J connectivity index is 2.71. The van der Waals surface area contributed by atoms with Crippen LogP contribution in [0.25, 0.3) is 0 Å². The summed E-state index contributed by atoms with van der Waals surface area (Å²) in [5.41, 5.74) is 0.951. The molecule has 0 fully saturated rings. The first-order valence-electron chi connectivity index (χ1n) is 5.60. The molecule has 0 aliphatic carbocycles. The minimum absolute atomic E-state index is 0.0512. The van der Waals surface area contributed by atoms with Gasteiger partial charge in [0, 0.05) is 12.6 Å². The lowest BCUT2D eigenvalue weighted by atomic mass is 10.1. The van der Waals surface area contributed by atoms with Crippen LogP contribution >= 0.6 is 0 Å². The monoisotopic (exact) mass is 267 g/mol. The fourth-order valence-corrected chi connectivity index (χ4v) is 1.98. The first-order valence-corrected chi connectivity index (χ1v) is 7.15. The Labute approximate surface area is 108 Å². The highest BCUT2D eigenvalue weighted by Crippen LogP contribution is 2.15. The van der Waals surface area contributed by atoms with Gasteiger partial charge in [0.1, 0.15) is 0 Å².